The van der Waals surface area contributed by atoms with Crippen LogP contribution in [0.5, 0.6) is 0 Å². The van der Waals surface area contributed by atoms with Crippen molar-refractivity contribution < 1.29 is 17.6 Å². The van der Waals surface area contributed by atoms with E-state index in [0.29, 0.717) is 6.07 Å². The van der Waals surface area contributed by atoms with Crippen molar-refractivity contribution in [3.05, 3.63) is 44.5 Å². The Morgan fingerprint density at radius 3 is 2.50 bits per heavy atom. The molecule has 4 nitrogen and oxygen atoms in total. The van der Waals surface area contributed by atoms with Gasteiger partial charge in [0.15, 0.2) is 5.58 Å². The number of hydrogen-bond donors (Lipinski definition) is 1. The van der Waals surface area contributed by atoms with Crippen LogP contribution in [-0.4, -0.2) is 4.98 Å². The van der Waals surface area contributed by atoms with E-state index in [4.69, 9.17) is 0 Å². The van der Waals surface area contributed by atoms with Gasteiger partial charge in [-0.1, -0.05) is 0 Å². The Morgan fingerprint density at radius 2 is 1.88 bits per heavy atom. The first-order chi connectivity index (χ1) is 7.38. The number of benzene rings is 1. The minimum Gasteiger partial charge on any atom is -0.417 e. The van der Waals surface area contributed by atoms with Crippen molar-refractivity contribution >= 4 is 11.1 Å². The minimum absolute atomic E-state index is 0.0994. The highest BCUT2D eigenvalue weighted by atomic mass is 19.4. The number of rotatable bonds is 0. The van der Waals surface area contributed by atoms with Gasteiger partial charge in [-0.2, -0.15) is 13.2 Å². The predicted molar refractivity (Wildman–Crippen MR) is 48.1 cm³/mol. The predicted octanol–water partition coefficient (Wildman–Crippen LogP) is 1.50. The summed E-state index contributed by atoms with van der Waals surface area (Å²) in [5.41, 5.74) is -3.43. The van der Waals surface area contributed by atoms with Crippen LogP contribution in [0.3, 0.4) is 0 Å². The zero-order valence-electron chi connectivity index (χ0n) is 7.59. The normalized spacial score (nSPS) is 11.9. The van der Waals surface area contributed by atoms with Crippen LogP contribution in [0.25, 0.3) is 11.1 Å². The molecule has 0 spiro atoms. The van der Waals surface area contributed by atoms with E-state index in [2.05, 4.69) is 4.42 Å². The molecule has 0 amide bonds. The number of alkyl halides is 3. The molecule has 2 rings (SSSR count). The number of fused-ring (bicyclic) bond motifs is 1. The molecular weight excluding hydrogens is 227 g/mol. The molecule has 0 saturated heterocycles. The van der Waals surface area contributed by atoms with E-state index in [9.17, 15) is 22.8 Å². The quantitative estimate of drug-likeness (QED) is 0.699. The van der Waals surface area contributed by atoms with Crippen molar-refractivity contribution in [3.63, 3.8) is 0 Å². The second-order valence-corrected chi connectivity index (χ2v) is 3.05. The Labute approximate surface area is 85.3 Å². The molecule has 0 aliphatic carbocycles. The molecular formula is C9H4F3NO3. The van der Waals surface area contributed by atoms with E-state index in [1.807, 2.05) is 4.98 Å². The van der Waals surface area contributed by atoms with E-state index in [1.165, 1.54) is 0 Å². The van der Waals surface area contributed by atoms with Crippen molar-refractivity contribution in [1.82, 2.24) is 4.98 Å². The van der Waals surface area contributed by atoms with Gasteiger partial charge in [0.25, 0.3) is 0 Å². The van der Waals surface area contributed by atoms with Crippen molar-refractivity contribution in [1.29, 1.82) is 0 Å². The average Bonchev–Trinajstić information content (AvgIpc) is 2.17. The summed E-state index contributed by atoms with van der Waals surface area (Å²) in [6.07, 6.45) is -4.51. The molecule has 2 aromatic rings. The summed E-state index contributed by atoms with van der Waals surface area (Å²) in [5.74, 6) is 0. The highest BCUT2D eigenvalue weighted by Gasteiger charge is 2.30. The fourth-order valence-electron chi connectivity index (χ4n) is 1.21. The lowest BCUT2D eigenvalue weighted by Gasteiger charge is -2.06. The molecule has 1 heterocycles. The van der Waals surface area contributed by atoms with Gasteiger partial charge in [-0.15, -0.1) is 0 Å². The summed E-state index contributed by atoms with van der Waals surface area (Å²) < 4.78 is 41.4. The summed E-state index contributed by atoms with van der Waals surface area (Å²) in [5, 5.41) is 0. The van der Waals surface area contributed by atoms with Crippen LogP contribution >= 0.6 is 0 Å². The van der Waals surface area contributed by atoms with Gasteiger partial charge in [0, 0.05) is 0 Å². The lowest BCUT2D eigenvalue weighted by Crippen LogP contribution is -2.25. The van der Waals surface area contributed by atoms with Crippen molar-refractivity contribution in [2.75, 3.05) is 0 Å². The second kappa shape index (κ2) is 3.22. The summed E-state index contributed by atoms with van der Waals surface area (Å²) in [6.45, 7) is 0. The molecule has 84 valence electrons. The molecule has 0 bridgehead atoms. The van der Waals surface area contributed by atoms with E-state index < -0.39 is 22.9 Å². The van der Waals surface area contributed by atoms with E-state index in [-0.39, 0.29) is 11.1 Å². The topological polar surface area (TPSA) is 63.1 Å². The van der Waals surface area contributed by atoms with Crippen LogP contribution in [0.15, 0.2) is 32.2 Å². The van der Waals surface area contributed by atoms with Gasteiger partial charge in [-0.3, -0.25) is 4.79 Å². The minimum atomic E-state index is -4.51. The highest BCUT2D eigenvalue weighted by molar-refractivity contribution is 5.72. The number of aromatic amines is 1. The number of H-pyrrole nitrogens is 1. The van der Waals surface area contributed by atoms with Crippen molar-refractivity contribution in [2.24, 2.45) is 0 Å². The Balaban J connectivity index is 2.77. The summed E-state index contributed by atoms with van der Waals surface area (Å²) in [6, 6.07) is 2.46. The first-order valence-electron chi connectivity index (χ1n) is 4.12. The molecule has 1 aromatic heterocycles. The number of hydrogen-bond acceptors (Lipinski definition) is 3. The third-order valence-electron chi connectivity index (χ3n) is 1.94. The van der Waals surface area contributed by atoms with E-state index >= 15 is 0 Å². The molecule has 0 atom stereocenters. The maximum Gasteiger partial charge on any atom is 0.416 e. The fourth-order valence-corrected chi connectivity index (χ4v) is 1.21. The fraction of sp³-hybridized carbons (Fsp3) is 0.111. The highest BCUT2D eigenvalue weighted by Crippen LogP contribution is 2.30. The van der Waals surface area contributed by atoms with Crippen molar-refractivity contribution in [2.45, 2.75) is 6.18 Å². The zero-order chi connectivity index (χ0) is 11.9. The molecule has 1 aromatic carbocycles. The van der Waals surface area contributed by atoms with Crippen LogP contribution in [0.4, 0.5) is 13.2 Å². The monoisotopic (exact) mass is 231 g/mol. The lowest BCUT2D eigenvalue weighted by molar-refractivity contribution is -0.137. The van der Waals surface area contributed by atoms with Crippen LogP contribution in [0.2, 0.25) is 0 Å². The Hall–Kier alpha value is -2.05. The molecule has 0 radical (unpaired) electrons. The lowest BCUT2D eigenvalue weighted by atomic mass is 10.2. The third-order valence-corrected chi connectivity index (χ3v) is 1.94. The molecule has 0 aliphatic rings. The van der Waals surface area contributed by atoms with Gasteiger partial charge < -0.3 is 9.40 Å². The first kappa shape index (κ1) is 10.5. The average molecular weight is 231 g/mol. The molecule has 0 saturated carbocycles. The second-order valence-electron chi connectivity index (χ2n) is 3.05. The maximum atomic E-state index is 12.3. The molecule has 1 N–H and O–H groups in total. The molecule has 0 fully saturated rings. The molecule has 0 aliphatic heterocycles. The van der Waals surface area contributed by atoms with Gasteiger partial charge in [-0.05, 0) is 18.2 Å². The van der Waals surface area contributed by atoms with Gasteiger partial charge in [-0.25, -0.2) is 4.79 Å². The van der Waals surface area contributed by atoms with Crippen LogP contribution < -0.4 is 11.2 Å². The number of nitrogens with one attached hydrogen (secondary N) is 1. The van der Waals surface area contributed by atoms with Gasteiger partial charge in [0.2, 0.25) is 0 Å². The maximum absolute atomic E-state index is 12.3. The number of aromatic nitrogens is 1. The largest absolute Gasteiger partial charge is 0.417 e. The first-order valence-corrected chi connectivity index (χ1v) is 4.12. The van der Waals surface area contributed by atoms with Gasteiger partial charge >= 0.3 is 17.4 Å². The molecule has 0 unspecified atom stereocenters. The Bertz CT molecular complexity index is 653. The summed E-state index contributed by atoms with van der Waals surface area (Å²) in [4.78, 5) is 23.6. The van der Waals surface area contributed by atoms with Gasteiger partial charge in [0.1, 0.15) is 0 Å². The summed E-state index contributed by atoms with van der Waals surface area (Å²) >= 11 is 0. The molecule has 16 heavy (non-hydrogen) atoms. The zero-order valence-corrected chi connectivity index (χ0v) is 7.59. The van der Waals surface area contributed by atoms with Crippen LogP contribution in [-0.2, 0) is 6.18 Å². The van der Waals surface area contributed by atoms with Crippen LogP contribution in [0, 0.1) is 0 Å². The third kappa shape index (κ3) is 1.71. The number of halogens is 3. The molecule has 7 heteroatoms. The van der Waals surface area contributed by atoms with E-state index in [0.717, 1.165) is 12.1 Å². The van der Waals surface area contributed by atoms with E-state index in [1.54, 1.807) is 0 Å². The van der Waals surface area contributed by atoms with Crippen molar-refractivity contribution in [3.8, 4) is 0 Å². The van der Waals surface area contributed by atoms with Gasteiger partial charge in [0.05, 0.1) is 11.1 Å². The smallest absolute Gasteiger partial charge is 0.416 e. The Morgan fingerprint density at radius 1 is 1.19 bits per heavy atom. The van der Waals surface area contributed by atoms with Crippen LogP contribution in [0.1, 0.15) is 5.56 Å². The standard InChI is InChI=1S/C9H4F3NO3/c10-9(11,12)4-1-2-6-5(3-4)13-7(14)8(15)16-6/h1-3H,(H,13,14). The summed E-state index contributed by atoms with van der Waals surface area (Å²) in [7, 11) is 0. The Kier molecular flexibility index (Phi) is 2.11. The SMILES string of the molecule is O=c1[nH]c2cc(C(F)(F)F)ccc2oc1=O.